The number of aryl methyl sites for hydroxylation is 2. The van der Waals surface area contributed by atoms with Crippen LogP contribution in [0.3, 0.4) is 0 Å². The summed E-state index contributed by atoms with van der Waals surface area (Å²) in [4.78, 5) is 12.4. The number of benzene rings is 2. The molecule has 1 heterocycles. The van der Waals surface area contributed by atoms with Crippen LogP contribution in [0.2, 0.25) is 0 Å². The molecule has 1 aromatic heterocycles. The van der Waals surface area contributed by atoms with Gasteiger partial charge in [0.05, 0.1) is 19.2 Å². The highest BCUT2D eigenvalue weighted by molar-refractivity contribution is 5.93. The fourth-order valence-electron chi connectivity index (χ4n) is 2.92. The molecule has 0 radical (unpaired) electrons. The third kappa shape index (κ3) is 4.90. The van der Waals surface area contributed by atoms with E-state index in [0.29, 0.717) is 34.0 Å². The Labute approximate surface area is 166 Å². The number of amides is 1. The molecule has 1 N–H and O–H groups in total. The van der Waals surface area contributed by atoms with Gasteiger partial charge in [0.2, 0.25) is 5.91 Å². The fraction of sp³-hybridized carbons (Fsp3) is 0.238. The van der Waals surface area contributed by atoms with Crippen LogP contribution in [0.1, 0.15) is 17.0 Å². The van der Waals surface area contributed by atoms with Gasteiger partial charge in [-0.2, -0.15) is 8.78 Å². The van der Waals surface area contributed by atoms with E-state index in [-0.39, 0.29) is 18.1 Å². The van der Waals surface area contributed by atoms with Crippen molar-refractivity contribution in [2.75, 3.05) is 12.4 Å². The summed E-state index contributed by atoms with van der Waals surface area (Å²) >= 11 is 0. The third-order valence-electron chi connectivity index (χ3n) is 4.40. The van der Waals surface area contributed by atoms with Gasteiger partial charge in [-0.05, 0) is 49.7 Å². The fourth-order valence-corrected chi connectivity index (χ4v) is 2.92. The lowest BCUT2D eigenvalue weighted by Gasteiger charge is -2.14. The molecule has 0 aliphatic rings. The monoisotopic (exact) mass is 402 g/mol. The van der Waals surface area contributed by atoms with Crippen LogP contribution >= 0.6 is 0 Å². The predicted octanol–water partition coefficient (Wildman–Crippen LogP) is 4.75. The van der Waals surface area contributed by atoms with Crippen molar-refractivity contribution >= 4 is 11.6 Å². The topological polar surface area (TPSA) is 73.6 Å². The van der Waals surface area contributed by atoms with Gasteiger partial charge < -0.3 is 19.3 Å². The number of hydrogen-bond donors (Lipinski definition) is 1. The highest BCUT2D eigenvalue weighted by Crippen LogP contribution is 2.34. The maximum Gasteiger partial charge on any atom is 0.387 e. The van der Waals surface area contributed by atoms with Crippen LogP contribution in [0, 0.1) is 13.8 Å². The first-order valence-corrected chi connectivity index (χ1v) is 8.82. The molecule has 152 valence electrons. The zero-order chi connectivity index (χ0) is 21.0. The summed E-state index contributed by atoms with van der Waals surface area (Å²) in [5, 5.41) is 6.60. The lowest BCUT2D eigenvalue weighted by Crippen LogP contribution is -2.15. The summed E-state index contributed by atoms with van der Waals surface area (Å²) in [6.07, 6.45) is 0.0916. The second kappa shape index (κ2) is 8.72. The van der Waals surface area contributed by atoms with Gasteiger partial charge in [-0.15, -0.1) is 0 Å². The summed E-state index contributed by atoms with van der Waals surface area (Å²) in [5.41, 5.74) is 2.88. The molecular weight excluding hydrogens is 382 g/mol. The minimum Gasteiger partial charge on any atom is -0.497 e. The van der Waals surface area contributed by atoms with Crippen molar-refractivity contribution in [3.8, 4) is 22.6 Å². The number of carbonyl (C=O) groups excluding carboxylic acids is 1. The first-order valence-electron chi connectivity index (χ1n) is 8.82. The second-order valence-corrected chi connectivity index (χ2v) is 6.35. The summed E-state index contributed by atoms with van der Waals surface area (Å²) < 4.78 is 40.4. The molecule has 0 spiro atoms. The number of nitrogens with zero attached hydrogens (tertiary/aromatic N) is 1. The summed E-state index contributed by atoms with van der Waals surface area (Å²) in [5.74, 6) is 0.947. The van der Waals surface area contributed by atoms with Crippen molar-refractivity contribution < 1.29 is 27.6 Å². The molecule has 3 rings (SSSR count). The normalized spacial score (nSPS) is 10.8. The van der Waals surface area contributed by atoms with Gasteiger partial charge in [0.15, 0.2) is 0 Å². The van der Waals surface area contributed by atoms with Gasteiger partial charge in [-0.25, -0.2) is 0 Å². The molecule has 6 nitrogen and oxygen atoms in total. The quantitative estimate of drug-likeness (QED) is 0.617. The number of ether oxygens (including phenoxy) is 2. The first-order chi connectivity index (χ1) is 13.9. The number of carbonyl (C=O) groups is 1. The molecule has 0 aliphatic carbocycles. The minimum atomic E-state index is -2.97. The Balaban J connectivity index is 1.86. The van der Waals surface area contributed by atoms with Crippen LogP contribution in [0.4, 0.5) is 14.5 Å². The van der Waals surface area contributed by atoms with E-state index in [1.54, 1.807) is 44.2 Å². The Bertz CT molecular complexity index is 981. The molecule has 0 aliphatic heterocycles. The van der Waals surface area contributed by atoms with E-state index in [1.165, 1.54) is 19.2 Å². The number of hydrogen-bond acceptors (Lipinski definition) is 5. The van der Waals surface area contributed by atoms with Crippen LogP contribution in [-0.2, 0) is 11.2 Å². The molecule has 0 saturated carbocycles. The SMILES string of the molecule is COc1ccc(-c2cc(NC(=O)Cc3c(C)noc3C)ccc2OC(F)F)cc1. The summed E-state index contributed by atoms with van der Waals surface area (Å²) in [6, 6.07) is 11.4. The third-order valence-corrected chi connectivity index (χ3v) is 4.40. The Hall–Kier alpha value is -3.42. The van der Waals surface area contributed by atoms with Crippen molar-refractivity contribution in [1.29, 1.82) is 0 Å². The molecule has 8 heteroatoms. The second-order valence-electron chi connectivity index (χ2n) is 6.35. The van der Waals surface area contributed by atoms with Gasteiger partial charge >= 0.3 is 6.61 Å². The number of nitrogens with one attached hydrogen (secondary N) is 1. The molecule has 0 unspecified atom stereocenters. The lowest BCUT2D eigenvalue weighted by molar-refractivity contribution is -0.115. The summed E-state index contributed by atoms with van der Waals surface area (Å²) in [7, 11) is 1.54. The van der Waals surface area contributed by atoms with Gasteiger partial charge in [-0.3, -0.25) is 4.79 Å². The van der Waals surface area contributed by atoms with Crippen molar-refractivity contribution in [2.45, 2.75) is 26.9 Å². The maximum absolute atomic E-state index is 12.8. The van der Waals surface area contributed by atoms with E-state index in [4.69, 9.17) is 9.26 Å². The maximum atomic E-state index is 12.8. The number of anilines is 1. The average molecular weight is 402 g/mol. The molecule has 0 fully saturated rings. The molecule has 2 aromatic carbocycles. The van der Waals surface area contributed by atoms with E-state index < -0.39 is 6.61 Å². The van der Waals surface area contributed by atoms with Gasteiger partial charge in [0, 0.05) is 16.8 Å². The molecular formula is C21H20F2N2O4. The van der Waals surface area contributed by atoms with E-state index in [1.807, 2.05) is 0 Å². The Morgan fingerprint density at radius 1 is 1.17 bits per heavy atom. The zero-order valence-corrected chi connectivity index (χ0v) is 16.2. The average Bonchev–Trinajstić information content (AvgIpc) is 3.01. The Morgan fingerprint density at radius 2 is 1.90 bits per heavy atom. The highest BCUT2D eigenvalue weighted by Gasteiger charge is 2.16. The smallest absolute Gasteiger partial charge is 0.387 e. The standard InChI is InChI=1S/C21H20F2N2O4/c1-12-17(13(2)29-25-12)11-20(26)24-15-6-9-19(28-21(22)23)18(10-15)14-4-7-16(27-3)8-5-14/h4-10,21H,11H2,1-3H3,(H,24,26). The summed E-state index contributed by atoms with van der Waals surface area (Å²) in [6.45, 7) is 0.532. The van der Waals surface area contributed by atoms with Crippen LogP contribution in [0.5, 0.6) is 11.5 Å². The Morgan fingerprint density at radius 3 is 2.48 bits per heavy atom. The molecule has 0 bridgehead atoms. The van der Waals surface area contributed by atoms with Crippen LogP contribution in [-0.4, -0.2) is 24.8 Å². The molecule has 29 heavy (non-hydrogen) atoms. The van der Waals surface area contributed by atoms with Crippen molar-refractivity contribution in [2.24, 2.45) is 0 Å². The molecule has 3 aromatic rings. The van der Waals surface area contributed by atoms with Gasteiger partial charge in [0.1, 0.15) is 17.3 Å². The van der Waals surface area contributed by atoms with Crippen LogP contribution in [0.25, 0.3) is 11.1 Å². The van der Waals surface area contributed by atoms with E-state index in [9.17, 15) is 13.6 Å². The number of aromatic nitrogens is 1. The Kier molecular flexibility index (Phi) is 6.11. The van der Waals surface area contributed by atoms with Crippen molar-refractivity contribution in [1.82, 2.24) is 5.16 Å². The lowest BCUT2D eigenvalue weighted by atomic mass is 10.0. The molecule has 0 atom stereocenters. The predicted molar refractivity (Wildman–Crippen MR) is 103 cm³/mol. The minimum absolute atomic E-state index is 0.00823. The van der Waals surface area contributed by atoms with Crippen LogP contribution < -0.4 is 14.8 Å². The van der Waals surface area contributed by atoms with Gasteiger partial charge in [-0.1, -0.05) is 17.3 Å². The zero-order valence-electron chi connectivity index (χ0n) is 16.2. The van der Waals surface area contributed by atoms with Crippen molar-refractivity contribution in [3.63, 3.8) is 0 Å². The van der Waals surface area contributed by atoms with E-state index in [2.05, 4.69) is 15.2 Å². The molecule has 0 saturated heterocycles. The van der Waals surface area contributed by atoms with Crippen molar-refractivity contribution in [3.05, 3.63) is 59.5 Å². The first kappa shape index (κ1) is 20.3. The molecule has 1 amide bonds. The van der Waals surface area contributed by atoms with Crippen LogP contribution in [0.15, 0.2) is 47.0 Å². The highest BCUT2D eigenvalue weighted by atomic mass is 19.3. The number of halogens is 2. The van der Waals surface area contributed by atoms with Gasteiger partial charge in [0.25, 0.3) is 0 Å². The van der Waals surface area contributed by atoms with E-state index in [0.717, 1.165) is 5.56 Å². The number of alkyl halides is 2. The number of methoxy groups -OCH3 is 1. The van der Waals surface area contributed by atoms with E-state index >= 15 is 0 Å². The largest absolute Gasteiger partial charge is 0.497 e. The number of rotatable bonds is 7.